The van der Waals surface area contributed by atoms with E-state index in [9.17, 15) is 0 Å². The molecule has 0 heterocycles. The second-order valence-corrected chi connectivity index (χ2v) is 5.86. The van der Waals surface area contributed by atoms with Crippen LogP contribution in [0.2, 0.25) is 0 Å². The van der Waals surface area contributed by atoms with Crippen LogP contribution in [0.3, 0.4) is 0 Å². The lowest BCUT2D eigenvalue weighted by atomic mass is 9.81. The summed E-state index contributed by atoms with van der Waals surface area (Å²) >= 11 is 0. The fourth-order valence-corrected chi connectivity index (χ4v) is 3.44. The van der Waals surface area contributed by atoms with E-state index in [4.69, 9.17) is 0 Å². The topological polar surface area (TPSA) is 12.0 Å². The summed E-state index contributed by atoms with van der Waals surface area (Å²) in [5, 5.41) is 3.74. The van der Waals surface area contributed by atoms with E-state index in [-0.39, 0.29) is 0 Å². The zero-order valence-corrected chi connectivity index (χ0v) is 10.3. The summed E-state index contributed by atoms with van der Waals surface area (Å²) < 4.78 is 0. The normalized spacial score (nSPS) is 33.4. The lowest BCUT2D eigenvalue weighted by Crippen LogP contribution is -2.29. The number of nitrogens with one attached hydrogen (secondary N) is 1. The molecule has 2 aliphatic rings. The fourth-order valence-electron chi connectivity index (χ4n) is 3.44. The van der Waals surface area contributed by atoms with Gasteiger partial charge in [-0.25, -0.2) is 0 Å². The maximum absolute atomic E-state index is 3.74. The van der Waals surface area contributed by atoms with Gasteiger partial charge in [0, 0.05) is 6.04 Å². The summed E-state index contributed by atoms with van der Waals surface area (Å²) in [7, 11) is 0. The summed E-state index contributed by atoms with van der Waals surface area (Å²) in [6.45, 7) is 3.71. The van der Waals surface area contributed by atoms with Crippen molar-refractivity contribution in [3.8, 4) is 0 Å². The van der Waals surface area contributed by atoms with Crippen molar-refractivity contribution < 1.29 is 0 Å². The third kappa shape index (κ3) is 3.79. The van der Waals surface area contributed by atoms with Gasteiger partial charge in [0.05, 0.1) is 0 Å². The second kappa shape index (κ2) is 5.89. The van der Waals surface area contributed by atoms with Gasteiger partial charge >= 0.3 is 0 Å². The number of rotatable bonds is 4. The first-order chi connectivity index (χ1) is 7.34. The highest BCUT2D eigenvalue weighted by molar-refractivity contribution is 4.75. The molecule has 0 aliphatic heterocycles. The Morgan fingerprint density at radius 1 is 1.00 bits per heavy atom. The van der Waals surface area contributed by atoms with Crippen molar-refractivity contribution in [3.63, 3.8) is 0 Å². The molecule has 2 rings (SSSR count). The Balaban J connectivity index is 1.56. The van der Waals surface area contributed by atoms with E-state index >= 15 is 0 Å². The Morgan fingerprint density at radius 3 is 2.53 bits per heavy atom. The SMILES string of the molecule is CC1CCCC(CCNC2CCCC2)C1. The molecule has 0 amide bonds. The summed E-state index contributed by atoms with van der Waals surface area (Å²) in [5.74, 6) is 2.03. The van der Waals surface area contributed by atoms with Gasteiger partial charge in [-0.05, 0) is 44.1 Å². The molecule has 0 saturated heterocycles. The van der Waals surface area contributed by atoms with Gasteiger partial charge < -0.3 is 5.32 Å². The van der Waals surface area contributed by atoms with Crippen molar-refractivity contribution in [2.24, 2.45) is 11.8 Å². The van der Waals surface area contributed by atoms with Gasteiger partial charge in [-0.2, -0.15) is 0 Å². The van der Waals surface area contributed by atoms with Crippen LogP contribution in [0.15, 0.2) is 0 Å². The quantitative estimate of drug-likeness (QED) is 0.744. The largest absolute Gasteiger partial charge is 0.314 e. The first-order valence-corrected chi connectivity index (χ1v) is 7.08. The Bertz CT molecular complexity index is 172. The number of hydrogen-bond donors (Lipinski definition) is 1. The minimum Gasteiger partial charge on any atom is -0.314 e. The molecular weight excluding hydrogens is 182 g/mol. The van der Waals surface area contributed by atoms with Crippen LogP contribution in [0.4, 0.5) is 0 Å². The summed E-state index contributed by atoms with van der Waals surface area (Å²) in [6.07, 6.45) is 13.2. The Morgan fingerprint density at radius 2 is 1.80 bits per heavy atom. The lowest BCUT2D eigenvalue weighted by molar-refractivity contribution is 0.265. The van der Waals surface area contributed by atoms with Gasteiger partial charge in [0.25, 0.3) is 0 Å². The molecule has 0 bridgehead atoms. The second-order valence-electron chi connectivity index (χ2n) is 5.86. The summed E-state index contributed by atoms with van der Waals surface area (Å²) in [6, 6.07) is 0.867. The molecule has 0 spiro atoms. The van der Waals surface area contributed by atoms with Crippen molar-refractivity contribution >= 4 is 0 Å². The van der Waals surface area contributed by atoms with E-state index in [1.54, 1.807) is 0 Å². The highest BCUT2D eigenvalue weighted by Crippen LogP contribution is 2.30. The standard InChI is InChI=1S/C14H27N/c1-12-5-4-6-13(11-12)9-10-15-14-7-2-3-8-14/h12-15H,2-11H2,1H3. The zero-order valence-electron chi connectivity index (χ0n) is 10.3. The van der Waals surface area contributed by atoms with Crippen LogP contribution in [0.1, 0.15) is 64.7 Å². The van der Waals surface area contributed by atoms with Gasteiger partial charge in [0.15, 0.2) is 0 Å². The molecule has 0 aromatic rings. The smallest absolute Gasteiger partial charge is 0.00670 e. The molecule has 0 aromatic heterocycles. The molecular formula is C14H27N. The van der Waals surface area contributed by atoms with Gasteiger partial charge in [0.2, 0.25) is 0 Å². The number of hydrogen-bond acceptors (Lipinski definition) is 1. The van der Waals surface area contributed by atoms with Crippen LogP contribution in [-0.4, -0.2) is 12.6 Å². The minimum absolute atomic E-state index is 0.867. The van der Waals surface area contributed by atoms with Gasteiger partial charge in [-0.15, -0.1) is 0 Å². The molecule has 2 aliphatic carbocycles. The fraction of sp³-hybridized carbons (Fsp3) is 1.00. The van der Waals surface area contributed by atoms with Crippen molar-refractivity contribution in [1.82, 2.24) is 5.32 Å². The molecule has 1 N–H and O–H groups in total. The lowest BCUT2D eigenvalue weighted by Gasteiger charge is -2.27. The maximum Gasteiger partial charge on any atom is 0.00670 e. The van der Waals surface area contributed by atoms with E-state index < -0.39 is 0 Å². The third-order valence-electron chi connectivity index (χ3n) is 4.39. The third-order valence-corrected chi connectivity index (χ3v) is 4.39. The molecule has 1 nitrogen and oxygen atoms in total. The monoisotopic (exact) mass is 209 g/mol. The first kappa shape index (κ1) is 11.4. The van der Waals surface area contributed by atoms with Crippen LogP contribution >= 0.6 is 0 Å². The molecule has 0 radical (unpaired) electrons. The maximum atomic E-state index is 3.74. The first-order valence-electron chi connectivity index (χ1n) is 7.08. The summed E-state index contributed by atoms with van der Waals surface area (Å²) in [5.41, 5.74) is 0. The molecule has 2 saturated carbocycles. The average molecular weight is 209 g/mol. The van der Waals surface area contributed by atoms with Crippen molar-refractivity contribution in [2.75, 3.05) is 6.54 Å². The molecule has 2 unspecified atom stereocenters. The Hall–Kier alpha value is -0.0400. The van der Waals surface area contributed by atoms with Crippen LogP contribution in [0, 0.1) is 11.8 Å². The molecule has 15 heavy (non-hydrogen) atoms. The average Bonchev–Trinajstić information content (AvgIpc) is 2.71. The van der Waals surface area contributed by atoms with E-state index in [1.807, 2.05) is 0 Å². The van der Waals surface area contributed by atoms with Crippen molar-refractivity contribution in [3.05, 3.63) is 0 Å². The van der Waals surface area contributed by atoms with Crippen LogP contribution < -0.4 is 5.32 Å². The van der Waals surface area contributed by atoms with Gasteiger partial charge in [0.1, 0.15) is 0 Å². The van der Waals surface area contributed by atoms with Crippen LogP contribution in [0.5, 0.6) is 0 Å². The molecule has 2 fully saturated rings. The molecule has 2 atom stereocenters. The van der Waals surface area contributed by atoms with Crippen molar-refractivity contribution in [2.45, 2.75) is 70.8 Å². The predicted molar refractivity (Wildman–Crippen MR) is 66.0 cm³/mol. The highest BCUT2D eigenvalue weighted by atomic mass is 14.9. The van der Waals surface area contributed by atoms with E-state index in [0.29, 0.717) is 0 Å². The zero-order chi connectivity index (χ0) is 10.5. The predicted octanol–water partition coefficient (Wildman–Crippen LogP) is 3.74. The van der Waals surface area contributed by atoms with Gasteiger partial charge in [-0.1, -0.05) is 39.0 Å². The van der Waals surface area contributed by atoms with E-state index in [0.717, 1.165) is 17.9 Å². The molecule has 0 aromatic carbocycles. The van der Waals surface area contributed by atoms with Gasteiger partial charge in [-0.3, -0.25) is 0 Å². The molecule has 1 heteroatoms. The van der Waals surface area contributed by atoms with Crippen LogP contribution in [0.25, 0.3) is 0 Å². The van der Waals surface area contributed by atoms with E-state index in [2.05, 4.69) is 12.2 Å². The van der Waals surface area contributed by atoms with Crippen LogP contribution in [-0.2, 0) is 0 Å². The Labute approximate surface area is 95.0 Å². The highest BCUT2D eigenvalue weighted by Gasteiger charge is 2.19. The minimum atomic E-state index is 0.867. The van der Waals surface area contributed by atoms with E-state index in [1.165, 1.54) is 64.3 Å². The molecule has 88 valence electrons. The summed E-state index contributed by atoms with van der Waals surface area (Å²) in [4.78, 5) is 0. The Kier molecular flexibility index (Phi) is 4.49. The van der Waals surface area contributed by atoms with Crippen molar-refractivity contribution in [1.29, 1.82) is 0 Å².